The maximum absolute atomic E-state index is 13.7. The first-order valence-corrected chi connectivity index (χ1v) is 10.3. The van der Waals surface area contributed by atoms with Crippen molar-refractivity contribution in [3.8, 4) is 0 Å². The number of anilines is 1. The van der Waals surface area contributed by atoms with Gasteiger partial charge in [0.1, 0.15) is 5.83 Å². The van der Waals surface area contributed by atoms with E-state index in [1.807, 2.05) is 65.8 Å². The molecule has 1 aromatic rings. The van der Waals surface area contributed by atoms with Crippen LogP contribution in [0.3, 0.4) is 0 Å². The summed E-state index contributed by atoms with van der Waals surface area (Å²) >= 11 is 5.97. The first-order valence-electron chi connectivity index (χ1n) is 9.90. The molecule has 0 radical (unpaired) electrons. The minimum absolute atomic E-state index is 0.0548. The van der Waals surface area contributed by atoms with Gasteiger partial charge in [0.05, 0.1) is 13.1 Å². The molecule has 0 atom stereocenters. The zero-order chi connectivity index (χ0) is 21.7. The Hall–Kier alpha value is -2.07. The van der Waals surface area contributed by atoms with Gasteiger partial charge in [-0.05, 0) is 56.5 Å². The summed E-state index contributed by atoms with van der Waals surface area (Å²) in [5.74, 6) is 0.369. The van der Waals surface area contributed by atoms with E-state index < -0.39 is 0 Å². The van der Waals surface area contributed by atoms with Crippen molar-refractivity contribution >= 4 is 23.2 Å². The van der Waals surface area contributed by atoms with Crippen LogP contribution >= 0.6 is 11.6 Å². The molecule has 0 aliphatic carbocycles. The van der Waals surface area contributed by atoms with Crippen molar-refractivity contribution in [3.05, 3.63) is 64.1 Å². The van der Waals surface area contributed by atoms with Crippen LogP contribution in [0.1, 0.15) is 52.7 Å². The van der Waals surface area contributed by atoms with Crippen LogP contribution in [-0.4, -0.2) is 23.9 Å². The van der Waals surface area contributed by atoms with E-state index in [0.29, 0.717) is 17.5 Å². The van der Waals surface area contributed by atoms with Crippen LogP contribution in [0, 0.1) is 13.8 Å². The van der Waals surface area contributed by atoms with Gasteiger partial charge in [0, 0.05) is 16.9 Å². The summed E-state index contributed by atoms with van der Waals surface area (Å²) in [5, 5.41) is 4.01. The topological polar surface area (TPSA) is 27.6 Å². The van der Waals surface area contributed by atoms with Crippen molar-refractivity contribution in [1.29, 1.82) is 0 Å². The molecule has 0 saturated carbocycles. The molecule has 0 spiro atoms. The fourth-order valence-corrected chi connectivity index (χ4v) is 2.56. The van der Waals surface area contributed by atoms with Crippen LogP contribution in [-0.2, 0) is 0 Å². The second-order valence-corrected chi connectivity index (χ2v) is 6.41. The average molecular weight is 408 g/mol. The number of guanidine groups is 1. The van der Waals surface area contributed by atoms with E-state index in [2.05, 4.69) is 30.2 Å². The van der Waals surface area contributed by atoms with Crippen molar-refractivity contribution in [2.24, 2.45) is 4.99 Å². The quantitative estimate of drug-likeness (QED) is 0.528. The van der Waals surface area contributed by atoms with Crippen LogP contribution < -0.4 is 5.32 Å². The summed E-state index contributed by atoms with van der Waals surface area (Å²) in [7, 11) is 0. The van der Waals surface area contributed by atoms with Gasteiger partial charge < -0.3 is 10.2 Å². The number of nitrogens with zero attached hydrogens (tertiary/aromatic N) is 2. The Kier molecular flexibility index (Phi) is 13.0. The Balaban J connectivity index is 0.00000171. The highest BCUT2D eigenvalue weighted by Crippen LogP contribution is 2.21. The van der Waals surface area contributed by atoms with Crippen LogP contribution in [0.25, 0.3) is 0 Å². The van der Waals surface area contributed by atoms with E-state index in [1.54, 1.807) is 4.90 Å². The molecule has 3 nitrogen and oxygen atoms in total. The highest BCUT2D eigenvalue weighted by Gasteiger charge is 2.17. The zero-order valence-electron chi connectivity index (χ0n) is 18.5. The molecule has 0 amide bonds. The monoisotopic (exact) mass is 407 g/mol. The van der Waals surface area contributed by atoms with E-state index in [1.165, 1.54) is 11.8 Å². The Bertz CT molecular complexity index is 729. The Labute approximate surface area is 175 Å². The molecule has 28 heavy (non-hydrogen) atoms. The third kappa shape index (κ3) is 8.30. The fourth-order valence-electron chi connectivity index (χ4n) is 2.42. The molecular formula is C23H35ClFN3. The normalized spacial score (nSPS) is 14.1. The molecule has 0 fully saturated rings. The highest BCUT2D eigenvalue weighted by atomic mass is 35.5. The predicted octanol–water partition coefficient (Wildman–Crippen LogP) is 7.34. The molecule has 2 rings (SSSR count). The van der Waals surface area contributed by atoms with Gasteiger partial charge in [0.15, 0.2) is 0 Å². The van der Waals surface area contributed by atoms with Crippen molar-refractivity contribution in [1.82, 2.24) is 4.90 Å². The third-order valence-corrected chi connectivity index (χ3v) is 4.02. The SMILES string of the molecule is C/C=C(\C=C(/C)Cl)CN1C=C(F)CN=C1Nc1cccc(C)c1C.CC.CC. The lowest BCUT2D eigenvalue weighted by molar-refractivity contribution is 0.520. The van der Waals surface area contributed by atoms with Gasteiger partial charge in [-0.2, -0.15) is 0 Å². The molecule has 0 unspecified atom stereocenters. The van der Waals surface area contributed by atoms with E-state index in [0.717, 1.165) is 16.8 Å². The number of nitrogens with one attached hydrogen (secondary N) is 1. The Morgan fingerprint density at radius 1 is 1.25 bits per heavy atom. The van der Waals surface area contributed by atoms with Crippen LogP contribution in [0.5, 0.6) is 0 Å². The zero-order valence-corrected chi connectivity index (χ0v) is 19.3. The minimum Gasteiger partial charge on any atom is -0.326 e. The maximum atomic E-state index is 13.7. The summed E-state index contributed by atoms with van der Waals surface area (Å²) in [6.45, 7) is 16.4. The second-order valence-electron chi connectivity index (χ2n) is 5.81. The number of rotatable bonds is 4. The van der Waals surface area contributed by atoms with E-state index in [9.17, 15) is 4.39 Å². The second kappa shape index (κ2) is 14.0. The largest absolute Gasteiger partial charge is 0.326 e. The van der Waals surface area contributed by atoms with Gasteiger partial charge in [0.2, 0.25) is 5.96 Å². The molecule has 0 saturated heterocycles. The third-order valence-electron chi connectivity index (χ3n) is 3.91. The van der Waals surface area contributed by atoms with E-state index >= 15 is 0 Å². The van der Waals surface area contributed by atoms with Gasteiger partial charge in [-0.1, -0.05) is 57.5 Å². The Morgan fingerprint density at radius 2 is 1.89 bits per heavy atom. The molecule has 1 aliphatic heterocycles. The summed E-state index contributed by atoms with van der Waals surface area (Å²) in [5.41, 5.74) is 4.31. The molecule has 1 heterocycles. The average Bonchev–Trinajstić information content (AvgIpc) is 2.69. The smallest absolute Gasteiger partial charge is 0.203 e. The van der Waals surface area contributed by atoms with Gasteiger partial charge in [-0.3, -0.25) is 0 Å². The number of aliphatic imine (C=N–C) groups is 1. The van der Waals surface area contributed by atoms with Crippen molar-refractivity contribution in [2.45, 2.75) is 55.4 Å². The van der Waals surface area contributed by atoms with Gasteiger partial charge in [-0.25, -0.2) is 9.38 Å². The van der Waals surface area contributed by atoms with Gasteiger partial charge >= 0.3 is 0 Å². The number of hydrogen-bond donors (Lipinski definition) is 1. The standard InChI is InChI=1S/C19H23ClFN3.2C2H6/c1-5-16(9-14(3)20)11-24-12-17(21)10-22-19(24)23-18-8-6-7-13(2)15(18)4;2*1-2/h5-9,12H,10-11H2,1-4H3,(H,22,23);2*1-2H3/b14-9+,16-5+;;. The predicted molar refractivity (Wildman–Crippen MR) is 124 cm³/mol. The van der Waals surface area contributed by atoms with Crippen LogP contribution in [0.4, 0.5) is 10.1 Å². The summed E-state index contributed by atoms with van der Waals surface area (Å²) in [6, 6.07) is 6.05. The van der Waals surface area contributed by atoms with Crippen LogP contribution in [0.2, 0.25) is 0 Å². The summed E-state index contributed by atoms with van der Waals surface area (Å²) in [4.78, 5) is 6.10. The van der Waals surface area contributed by atoms with E-state index in [4.69, 9.17) is 11.6 Å². The molecule has 1 aromatic carbocycles. The molecule has 1 aliphatic rings. The number of benzene rings is 1. The van der Waals surface area contributed by atoms with Gasteiger partial charge in [0.25, 0.3) is 0 Å². The first-order chi connectivity index (χ1) is 13.4. The number of halogens is 2. The number of hydrogen-bond acceptors (Lipinski definition) is 3. The van der Waals surface area contributed by atoms with Crippen molar-refractivity contribution < 1.29 is 4.39 Å². The lowest BCUT2D eigenvalue weighted by Gasteiger charge is -2.27. The first kappa shape index (κ1) is 25.9. The highest BCUT2D eigenvalue weighted by molar-refractivity contribution is 6.29. The molecule has 1 N–H and O–H groups in total. The molecule has 0 bridgehead atoms. The molecule has 156 valence electrons. The summed E-state index contributed by atoms with van der Waals surface area (Å²) < 4.78 is 13.7. The molecule has 0 aromatic heterocycles. The minimum atomic E-state index is -0.261. The lowest BCUT2D eigenvalue weighted by Crippen LogP contribution is -2.36. The number of aryl methyl sites for hydroxylation is 1. The summed E-state index contributed by atoms with van der Waals surface area (Å²) in [6.07, 6.45) is 5.32. The van der Waals surface area contributed by atoms with Crippen molar-refractivity contribution in [3.63, 3.8) is 0 Å². The maximum Gasteiger partial charge on any atom is 0.203 e. The van der Waals surface area contributed by atoms with Gasteiger partial charge in [-0.15, -0.1) is 0 Å². The van der Waals surface area contributed by atoms with E-state index in [-0.39, 0.29) is 12.4 Å². The Morgan fingerprint density at radius 3 is 2.46 bits per heavy atom. The molecular weight excluding hydrogens is 373 g/mol. The fraction of sp³-hybridized carbons (Fsp3) is 0.435. The van der Waals surface area contributed by atoms with Crippen LogP contribution in [0.15, 0.2) is 58.0 Å². The molecule has 5 heteroatoms. The van der Waals surface area contributed by atoms with Crippen molar-refractivity contribution in [2.75, 3.05) is 18.4 Å². The lowest BCUT2D eigenvalue weighted by atomic mass is 10.1. The number of allylic oxidation sites excluding steroid dienone is 2.